The summed E-state index contributed by atoms with van der Waals surface area (Å²) in [6, 6.07) is 11.7. The van der Waals surface area contributed by atoms with Crippen molar-refractivity contribution < 1.29 is 4.79 Å². The molecule has 0 aliphatic heterocycles. The highest BCUT2D eigenvalue weighted by Gasteiger charge is 2.19. The van der Waals surface area contributed by atoms with Crippen LogP contribution in [0.4, 0.5) is 0 Å². The molecule has 5 nitrogen and oxygen atoms in total. The molecular formula is C16H16N4OS. The van der Waals surface area contributed by atoms with Gasteiger partial charge in [-0.15, -0.1) is 11.3 Å². The van der Waals surface area contributed by atoms with Gasteiger partial charge in [-0.1, -0.05) is 30.3 Å². The molecule has 112 valence electrons. The fourth-order valence-electron chi connectivity index (χ4n) is 2.20. The number of amides is 1. The van der Waals surface area contributed by atoms with Crippen LogP contribution in [0.15, 0.2) is 48.1 Å². The molecule has 0 unspecified atom stereocenters. The lowest BCUT2D eigenvalue weighted by molar-refractivity contribution is 0.0725. The molecule has 0 radical (unpaired) electrons. The van der Waals surface area contributed by atoms with Crippen LogP contribution in [0.2, 0.25) is 0 Å². The summed E-state index contributed by atoms with van der Waals surface area (Å²) >= 11 is 1.57. The first kappa shape index (κ1) is 14.5. The van der Waals surface area contributed by atoms with Crippen molar-refractivity contribution in [1.29, 1.82) is 0 Å². The minimum Gasteiger partial charge on any atom is -0.328 e. The maximum atomic E-state index is 12.7. The molecule has 0 atom stereocenters. The summed E-state index contributed by atoms with van der Waals surface area (Å²) in [6.07, 6.45) is 1.59. The Kier molecular flexibility index (Phi) is 4.29. The Morgan fingerprint density at radius 1 is 1.23 bits per heavy atom. The van der Waals surface area contributed by atoms with Crippen LogP contribution < -0.4 is 0 Å². The van der Waals surface area contributed by atoms with Crippen molar-refractivity contribution in [2.75, 3.05) is 0 Å². The lowest BCUT2D eigenvalue weighted by Gasteiger charge is -2.22. The minimum absolute atomic E-state index is 0.0610. The second-order valence-electron chi connectivity index (χ2n) is 4.98. The first-order valence-electron chi connectivity index (χ1n) is 6.95. The molecule has 0 fully saturated rings. The van der Waals surface area contributed by atoms with Gasteiger partial charge in [0.05, 0.1) is 17.7 Å². The molecule has 0 bridgehead atoms. The van der Waals surface area contributed by atoms with Crippen LogP contribution in [0.25, 0.3) is 0 Å². The maximum Gasteiger partial charge on any atom is 0.272 e. The molecule has 0 spiro atoms. The maximum absolute atomic E-state index is 12.7. The van der Waals surface area contributed by atoms with Crippen molar-refractivity contribution >= 4 is 17.2 Å². The molecule has 3 aromatic rings. The molecule has 0 saturated carbocycles. The number of benzene rings is 1. The second kappa shape index (κ2) is 6.53. The first-order chi connectivity index (χ1) is 10.7. The Bertz CT molecular complexity index is 737. The summed E-state index contributed by atoms with van der Waals surface area (Å²) in [5, 5.41) is 6.61. The summed E-state index contributed by atoms with van der Waals surface area (Å²) in [4.78, 5) is 19.9. The highest BCUT2D eigenvalue weighted by atomic mass is 32.1. The number of aromatic amines is 1. The molecule has 2 aromatic heterocycles. The summed E-state index contributed by atoms with van der Waals surface area (Å²) < 4.78 is 0. The molecule has 22 heavy (non-hydrogen) atoms. The number of aromatic nitrogens is 3. The number of H-pyrrole nitrogens is 1. The fraction of sp³-hybridized carbons (Fsp3) is 0.188. The Morgan fingerprint density at radius 3 is 2.68 bits per heavy atom. The van der Waals surface area contributed by atoms with Crippen LogP contribution in [-0.2, 0) is 13.1 Å². The molecule has 1 amide bonds. The number of aryl methyl sites for hydroxylation is 1. The zero-order chi connectivity index (χ0) is 15.4. The topological polar surface area (TPSA) is 61.9 Å². The third-order valence-electron chi connectivity index (χ3n) is 3.41. The van der Waals surface area contributed by atoms with Crippen LogP contribution in [0, 0.1) is 6.92 Å². The first-order valence-corrected chi connectivity index (χ1v) is 7.83. The van der Waals surface area contributed by atoms with Crippen LogP contribution >= 0.6 is 11.3 Å². The summed E-state index contributed by atoms with van der Waals surface area (Å²) in [5.74, 6) is -0.0610. The number of nitrogens with zero attached hydrogens (tertiary/aromatic N) is 3. The Labute approximate surface area is 132 Å². The van der Waals surface area contributed by atoms with Crippen molar-refractivity contribution in [2.24, 2.45) is 0 Å². The summed E-state index contributed by atoms with van der Waals surface area (Å²) in [7, 11) is 0. The average molecular weight is 312 g/mol. The second-order valence-corrected chi connectivity index (χ2v) is 5.92. The lowest BCUT2D eigenvalue weighted by Crippen LogP contribution is -2.30. The number of nitrogens with one attached hydrogen (secondary N) is 1. The van der Waals surface area contributed by atoms with Crippen LogP contribution in [-0.4, -0.2) is 26.0 Å². The van der Waals surface area contributed by atoms with E-state index in [2.05, 4.69) is 15.2 Å². The standard InChI is InChI=1S/C16H16N4OS/c1-12-15(22-11-17-12)10-20(9-13-5-3-2-4-6-13)16(21)14-7-8-18-19-14/h2-8,11H,9-10H2,1H3,(H,18,19). The van der Waals surface area contributed by atoms with E-state index in [9.17, 15) is 4.79 Å². The van der Waals surface area contributed by atoms with E-state index in [0.717, 1.165) is 16.1 Å². The molecule has 0 aliphatic rings. The Morgan fingerprint density at radius 2 is 2.05 bits per heavy atom. The van der Waals surface area contributed by atoms with E-state index in [0.29, 0.717) is 18.8 Å². The minimum atomic E-state index is -0.0610. The number of hydrogen-bond acceptors (Lipinski definition) is 4. The van der Waals surface area contributed by atoms with Gasteiger partial charge in [0.1, 0.15) is 5.69 Å². The number of rotatable bonds is 5. The van der Waals surface area contributed by atoms with Crippen molar-refractivity contribution in [3.8, 4) is 0 Å². The molecule has 1 N–H and O–H groups in total. The number of hydrogen-bond donors (Lipinski definition) is 1. The quantitative estimate of drug-likeness (QED) is 0.787. The smallest absolute Gasteiger partial charge is 0.272 e. The zero-order valence-electron chi connectivity index (χ0n) is 12.2. The van der Waals surface area contributed by atoms with Gasteiger partial charge in [0.15, 0.2) is 0 Å². The Hall–Kier alpha value is -2.47. The fourth-order valence-corrected chi connectivity index (χ4v) is 2.99. The molecule has 0 saturated heterocycles. The zero-order valence-corrected chi connectivity index (χ0v) is 13.0. The molecule has 6 heteroatoms. The molecule has 1 aromatic carbocycles. The van der Waals surface area contributed by atoms with Gasteiger partial charge in [-0.2, -0.15) is 5.10 Å². The van der Waals surface area contributed by atoms with Gasteiger partial charge in [0.25, 0.3) is 5.91 Å². The van der Waals surface area contributed by atoms with Crippen molar-refractivity contribution in [2.45, 2.75) is 20.0 Å². The third kappa shape index (κ3) is 3.23. The number of thiazole rings is 1. The van der Waals surface area contributed by atoms with Crippen LogP contribution in [0.5, 0.6) is 0 Å². The summed E-state index contributed by atoms with van der Waals surface area (Å²) in [6.45, 7) is 3.06. The van der Waals surface area contributed by atoms with E-state index >= 15 is 0 Å². The average Bonchev–Trinajstić information content (AvgIpc) is 3.19. The van der Waals surface area contributed by atoms with Gasteiger partial charge in [-0.25, -0.2) is 4.98 Å². The largest absolute Gasteiger partial charge is 0.328 e. The van der Waals surface area contributed by atoms with Crippen molar-refractivity contribution in [3.63, 3.8) is 0 Å². The molecule has 3 rings (SSSR count). The lowest BCUT2D eigenvalue weighted by atomic mass is 10.2. The number of carbonyl (C=O) groups excluding carboxylic acids is 1. The van der Waals surface area contributed by atoms with Crippen molar-refractivity contribution in [1.82, 2.24) is 20.1 Å². The molecular weight excluding hydrogens is 296 g/mol. The predicted molar refractivity (Wildman–Crippen MR) is 85.5 cm³/mol. The van der Waals surface area contributed by atoms with Gasteiger partial charge in [-0.3, -0.25) is 9.89 Å². The molecule has 2 heterocycles. The third-order valence-corrected chi connectivity index (χ3v) is 4.33. The van der Waals surface area contributed by atoms with Gasteiger partial charge in [0, 0.05) is 17.6 Å². The SMILES string of the molecule is Cc1ncsc1CN(Cc1ccccc1)C(=O)c1ccn[nH]1. The van der Waals surface area contributed by atoms with E-state index in [1.54, 1.807) is 23.6 Å². The van der Waals surface area contributed by atoms with Gasteiger partial charge < -0.3 is 4.90 Å². The summed E-state index contributed by atoms with van der Waals surface area (Å²) in [5.41, 5.74) is 4.38. The van der Waals surface area contributed by atoms with Crippen LogP contribution in [0.3, 0.4) is 0 Å². The van der Waals surface area contributed by atoms with E-state index in [-0.39, 0.29) is 5.91 Å². The van der Waals surface area contributed by atoms with Gasteiger partial charge in [-0.05, 0) is 18.6 Å². The predicted octanol–water partition coefficient (Wildman–Crippen LogP) is 3.02. The van der Waals surface area contributed by atoms with E-state index in [4.69, 9.17) is 0 Å². The van der Waals surface area contributed by atoms with Crippen LogP contribution in [0.1, 0.15) is 26.6 Å². The normalized spacial score (nSPS) is 10.6. The number of carbonyl (C=O) groups is 1. The highest BCUT2D eigenvalue weighted by Crippen LogP contribution is 2.18. The van der Waals surface area contributed by atoms with E-state index in [1.165, 1.54) is 0 Å². The van der Waals surface area contributed by atoms with Crippen molar-refractivity contribution in [3.05, 3.63) is 69.9 Å². The molecule has 0 aliphatic carbocycles. The van der Waals surface area contributed by atoms with E-state index in [1.807, 2.05) is 47.7 Å². The highest BCUT2D eigenvalue weighted by molar-refractivity contribution is 7.09. The van der Waals surface area contributed by atoms with Gasteiger partial charge >= 0.3 is 0 Å². The van der Waals surface area contributed by atoms with E-state index < -0.39 is 0 Å². The monoisotopic (exact) mass is 312 g/mol. The Balaban J connectivity index is 1.85. The van der Waals surface area contributed by atoms with Gasteiger partial charge in [0.2, 0.25) is 0 Å².